The van der Waals surface area contributed by atoms with Crippen molar-refractivity contribution in [2.45, 2.75) is 61.9 Å². The Morgan fingerprint density at radius 1 is 0.704 bits per heavy atom. The lowest BCUT2D eigenvalue weighted by Crippen LogP contribution is -2.60. The SMILES string of the molecule is CC1=C(C)C(C)C([Si](C)(c2cc(C)cc(C)c2)c2ccc(C)cc2C)=C1C. The molecule has 0 heterocycles. The van der Waals surface area contributed by atoms with Gasteiger partial charge in [0, 0.05) is 0 Å². The Labute approximate surface area is 167 Å². The topological polar surface area (TPSA) is 0 Å². The van der Waals surface area contributed by atoms with Gasteiger partial charge in [0.05, 0.1) is 0 Å². The smallest absolute Gasteiger partial charge is 0.0636 e. The number of allylic oxidation sites excluding steroid dienone is 4. The lowest BCUT2D eigenvalue weighted by Gasteiger charge is -2.36. The molecule has 2 aromatic carbocycles. The van der Waals surface area contributed by atoms with E-state index in [-0.39, 0.29) is 0 Å². The summed E-state index contributed by atoms with van der Waals surface area (Å²) in [6.45, 7) is 21.0. The molecule has 0 amide bonds. The Morgan fingerprint density at radius 3 is 1.78 bits per heavy atom. The molecule has 1 aliphatic rings. The summed E-state index contributed by atoms with van der Waals surface area (Å²) < 4.78 is 0. The Morgan fingerprint density at radius 2 is 1.30 bits per heavy atom. The van der Waals surface area contributed by atoms with Crippen LogP contribution in [0.5, 0.6) is 0 Å². The Bertz CT molecular complexity index is 953. The second-order valence-corrected chi connectivity index (χ2v) is 12.8. The minimum atomic E-state index is -2.07. The van der Waals surface area contributed by atoms with E-state index in [1.54, 1.807) is 21.1 Å². The van der Waals surface area contributed by atoms with E-state index < -0.39 is 8.07 Å². The van der Waals surface area contributed by atoms with E-state index in [2.05, 4.69) is 98.3 Å². The molecule has 27 heavy (non-hydrogen) atoms. The Hall–Kier alpha value is -1.86. The normalized spacial score (nSPS) is 19.7. The van der Waals surface area contributed by atoms with Crippen LogP contribution in [0.3, 0.4) is 0 Å². The van der Waals surface area contributed by atoms with E-state index in [0.717, 1.165) is 0 Å². The van der Waals surface area contributed by atoms with Crippen molar-refractivity contribution >= 4 is 18.4 Å². The summed E-state index contributed by atoms with van der Waals surface area (Å²) in [6.07, 6.45) is 0. The van der Waals surface area contributed by atoms with Crippen molar-refractivity contribution < 1.29 is 0 Å². The molecule has 0 radical (unpaired) electrons. The summed E-state index contributed by atoms with van der Waals surface area (Å²) >= 11 is 0. The maximum Gasteiger partial charge on any atom is 0.142 e. The monoisotopic (exact) mass is 374 g/mol. The number of hydrogen-bond acceptors (Lipinski definition) is 0. The van der Waals surface area contributed by atoms with E-state index in [9.17, 15) is 0 Å². The molecular formula is C26H34Si. The third kappa shape index (κ3) is 3.16. The summed E-state index contributed by atoms with van der Waals surface area (Å²) in [5.74, 6) is 0.531. The van der Waals surface area contributed by atoms with Gasteiger partial charge in [0.25, 0.3) is 0 Å². The zero-order valence-corrected chi connectivity index (χ0v) is 19.5. The fourth-order valence-corrected chi connectivity index (χ4v) is 10.5. The maximum absolute atomic E-state index is 2.58. The molecule has 0 fully saturated rings. The fraction of sp³-hybridized carbons (Fsp3) is 0.385. The van der Waals surface area contributed by atoms with Gasteiger partial charge < -0.3 is 0 Å². The predicted octanol–water partition coefficient (Wildman–Crippen LogP) is 5.95. The molecule has 3 rings (SSSR count). The van der Waals surface area contributed by atoms with Crippen molar-refractivity contribution in [2.24, 2.45) is 5.92 Å². The highest BCUT2D eigenvalue weighted by Crippen LogP contribution is 2.41. The number of hydrogen-bond donors (Lipinski definition) is 0. The van der Waals surface area contributed by atoms with E-state index in [1.807, 2.05) is 0 Å². The molecule has 142 valence electrons. The second kappa shape index (κ2) is 6.94. The standard InChI is InChI=1S/C26H34Si/c1-16-10-11-25(19(4)13-16)27(9,24-14-17(2)12-18(3)15-24)26-22(7)20(5)21(6)23(26)8/h10-15,22H,1-9H3. The van der Waals surface area contributed by atoms with Crippen molar-refractivity contribution in [1.82, 2.24) is 0 Å². The third-order valence-electron chi connectivity index (χ3n) is 6.90. The van der Waals surface area contributed by atoms with Crippen LogP contribution in [0.15, 0.2) is 58.3 Å². The Kier molecular flexibility index (Phi) is 5.11. The average molecular weight is 375 g/mol. The first kappa shape index (κ1) is 19.9. The highest BCUT2D eigenvalue weighted by atomic mass is 28.3. The van der Waals surface area contributed by atoms with Crippen molar-refractivity contribution in [2.75, 3.05) is 0 Å². The molecule has 2 unspecified atom stereocenters. The van der Waals surface area contributed by atoms with E-state index in [0.29, 0.717) is 5.92 Å². The van der Waals surface area contributed by atoms with Crippen LogP contribution in [0.2, 0.25) is 6.55 Å². The highest BCUT2D eigenvalue weighted by Gasteiger charge is 2.43. The largest absolute Gasteiger partial charge is 0.142 e. The summed E-state index contributed by atoms with van der Waals surface area (Å²) in [4.78, 5) is 0. The quantitative estimate of drug-likeness (QED) is 0.582. The van der Waals surface area contributed by atoms with Gasteiger partial charge in [0.1, 0.15) is 8.07 Å². The highest BCUT2D eigenvalue weighted by molar-refractivity contribution is 7.07. The van der Waals surface area contributed by atoms with Gasteiger partial charge in [-0.1, -0.05) is 88.5 Å². The molecule has 0 aliphatic heterocycles. The van der Waals surface area contributed by atoms with Crippen LogP contribution in [0, 0.1) is 33.6 Å². The van der Waals surface area contributed by atoms with Crippen LogP contribution in [0.25, 0.3) is 0 Å². The van der Waals surface area contributed by atoms with E-state index >= 15 is 0 Å². The summed E-state index contributed by atoms with van der Waals surface area (Å²) in [5, 5.41) is 4.83. The van der Waals surface area contributed by atoms with E-state index in [1.165, 1.54) is 33.4 Å². The number of rotatable bonds is 3. The lowest BCUT2D eigenvalue weighted by molar-refractivity contribution is 0.850. The molecule has 0 bridgehead atoms. The minimum Gasteiger partial charge on any atom is -0.0636 e. The first-order valence-electron chi connectivity index (χ1n) is 10.1. The van der Waals surface area contributed by atoms with Crippen molar-refractivity contribution in [1.29, 1.82) is 0 Å². The molecule has 0 nitrogen and oxygen atoms in total. The summed E-state index contributed by atoms with van der Waals surface area (Å²) in [7, 11) is -2.07. The van der Waals surface area contributed by atoms with E-state index in [4.69, 9.17) is 0 Å². The summed E-state index contributed by atoms with van der Waals surface area (Å²) in [5.41, 5.74) is 10.1. The van der Waals surface area contributed by atoms with Gasteiger partial charge in [0.2, 0.25) is 0 Å². The van der Waals surface area contributed by atoms with Crippen LogP contribution in [-0.4, -0.2) is 8.07 Å². The molecular weight excluding hydrogens is 340 g/mol. The predicted molar refractivity (Wildman–Crippen MR) is 123 cm³/mol. The minimum absolute atomic E-state index is 0.531. The molecule has 1 heteroatoms. The first-order chi connectivity index (χ1) is 12.6. The number of benzene rings is 2. The molecule has 2 aromatic rings. The molecule has 0 spiro atoms. The molecule has 0 N–H and O–H groups in total. The zero-order chi connectivity index (χ0) is 20.1. The number of aryl methyl sites for hydroxylation is 4. The van der Waals surface area contributed by atoms with Gasteiger partial charge >= 0.3 is 0 Å². The van der Waals surface area contributed by atoms with Gasteiger partial charge in [-0.2, -0.15) is 0 Å². The third-order valence-corrected chi connectivity index (χ3v) is 11.9. The zero-order valence-electron chi connectivity index (χ0n) is 18.5. The van der Waals surface area contributed by atoms with Crippen LogP contribution >= 0.6 is 0 Å². The van der Waals surface area contributed by atoms with Crippen LogP contribution < -0.4 is 10.4 Å². The molecule has 0 saturated heterocycles. The van der Waals surface area contributed by atoms with Crippen molar-refractivity contribution in [3.8, 4) is 0 Å². The van der Waals surface area contributed by atoms with Crippen LogP contribution in [-0.2, 0) is 0 Å². The molecule has 1 aliphatic carbocycles. The first-order valence-corrected chi connectivity index (χ1v) is 12.6. The van der Waals surface area contributed by atoms with Gasteiger partial charge in [-0.15, -0.1) is 0 Å². The van der Waals surface area contributed by atoms with Crippen LogP contribution in [0.4, 0.5) is 0 Å². The van der Waals surface area contributed by atoms with Gasteiger partial charge in [-0.05, 0) is 70.3 Å². The lowest BCUT2D eigenvalue weighted by atomic mass is 10.1. The molecule has 2 atom stereocenters. The second-order valence-electron chi connectivity index (χ2n) is 8.89. The maximum atomic E-state index is 2.58. The summed E-state index contributed by atoms with van der Waals surface area (Å²) in [6, 6.07) is 14.3. The fourth-order valence-electron chi connectivity index (χ4n) is 5.27. The van der Waals surface area contributed by atoms with Gasteiger partial charge in [-0.3, -0.25) is 0 Å². The van der Waals surface area contributed by atoms with Gasteiger partial charge in [0.15, 0.2) is 0 Å². The van der Waals surface area contributed by atoms with Crippen molar-refractivity contribution in [3.05, 3.63) is 80.6 Å². The van der Waals surface area contributed by atoms with Gasteiger partial charge in [-0.25, -0.2) is 0 Å². The molecule has 0 saturated carbocycles. The van der Waals surface area contributed by atoms with Crippen LogP contribution in [0.1, 0.15) is 49.9 Å². The Balaban J connectivity index is 2.38. The van der Waals surface area contributed by atoms with Crippen molar-refractivity contribution in [3.63, 3.8) is 0 Å². The molecule has 0 aromatic heterocycles. The average Bonchev–Trinajstić information content (AvgIpc) is 2.77.